The summed E-state index contributed by atoms with van der Waals surface area (Å²) in [5.74, 6) is 0. The second-order valence-corrected chi connectivity index (χ2v) is 8.44. The number of hydrogen-bond acceptors (Lipinski definition) is 4. The molecule has 0 unspecified atom stereocenters. The van der Waals surface area contributed by atoms with Crippen molar-refractivity contribution in [3.05, 3.63) is 59.4 Å². The number of pyridine rings is 1. The molecule has 5 nitrogen and oxygen atoms in total. The molecule has 0 spiro atoms. The fourth-order valence-corrected chi connectivity index (χ4v) is 5.04. The van der Waals surface area contributed by atoms with E-state index in [0.717, 1.165) is 30.5 Å². The first-order valence-corrected chi connectivity index (χ1v) is 10.1. The second kappa shape index (κ2) is 6.44. The zero-order valence-corrected chi connectivity index (χ0v) is 15.1. The van der Waals surface area contributed by atoms with E-state index in [1.807, 2.05) is 12.1 Å². The van der Waals surface area contributed by atoms with Crippen molar-refractivity contribution in [2.45, 2.75) is 30.2 Å². The molecule has 25 heavy (non-hydrogen) atoms. The average molecular weight is 376 g/mol. The molecule has 0 saturated carbocycles. The van der Waals surface area contributed by atoms with Crippen molar-refractivity contribution in [3.63, 3.8) is 0 Å². The van der Waals surface area contributed by atoms with E-state index in [1.165, 1.54) is 3.97 Å². The molecule has 0 aliphatic carbocycles. The van der Waals surface area contributed by atoms with E-state index >= 15 is 0 Å². The Bertz CT molecular complexity index is 1010. The molecule has 1 aliphatic rings. The maximum atomic E-state index is 13.3. The van der Waals surface area contributed by atoms with E-state index in [9.17, 15) is 8.42 Å². The van der Waals surface area contributed by atoms with Crippen molar-refractivity contribution in [1.82, 2.24) is 14.3 Å². The summed E-state index contributed by atoms with van der Waals surface area (Å²) in [6.45, 7) is 0.973. The summed E-state index contributed by atoms with van der Waals surface area (Å²) < 4.78 is 27.9. The highest BCUT2D eigenvalue weighted by Crippen LogP contribution is 2.27. The molecule has 1 aliphatic heterocycles. The number of aromatic nitrogens is 2. The van der Waals surface area contributed by atoms with Crippen LogP contribution in [0.5, 0.6) is 0 Å². The molecule has 3 aromatic rings. The molecule has 2 aromatic heterocycles. The first-order valence-electron chi connectivity index (χ1n) is 8.26. The van der Waals surface area contributed by atoms with Crippen molar-refractivity contribution in [2.24, 2.45) is 0 Å². The van der Waals surface area contributed by atoms with Gasteiger partial charge in [0.2, 0.25) is 0 Å². The molecule has 0 amide bonds. The largest absolute Gasteiger partial charge is 0.314 e. The molecule has 3 heterocycles. The second-order valence-electron chi connectivity index (χ2n) is 6.26. The minimum Gasteiger partial charge on any atom is -0.314 e. The summed E-state index contributed by atoms with van der Waals surface area (Å²) in [6, 6.07) is 14.1. The molecule has 0 radical (unpaired) electrons. The van der Waals surface area contributed by atoms with Gasteiger partial charge >= 0.3 is 0 Å². The molecule has 1 fully saturated rings. The molecule has 0 bridgehead atoms. The lowest BCUT2D eigenvalue weighted by atomic mass is 10.1. The van der Waals surface area contributed by atoms with Gasteiger partial charge in [-0.2, -0.15) is 0 Å². The number of nitrogens with one attached hydrogen (secondary N) is 1. The van der Waals surface area contributed by atoms with Crippen molar-refractivity contribution >= 4 is 32.7 Å². The molecule has 130 valence electrons. The Morgan fingerprint density at radius 1 is 1.20 bits per heavy atom. The standard InChI is InChI=1S/C18H18ClN3O2S/c19-17-9-8-13-11-15(12-14-5-4-10-20-14)22(18(13)21-17)25(23,24)16-6-2-1-3-7-16/h1-3,6-9,11,14,20H,4-5,10,12H2/t14-/m0/s1. The van der Waals surface area contributed by atoms with Crippen LogP contribution in [0.4, 0.5) is 0 Å². The highest BCUT2D eigenvalue weighted by Gasteiger charge is 2.26. The van der Waals surface area contributed by atoms with Gasteiger partial charge in [0, 0.05) is 23.5 Å². The van der Waals surface area contributed by atoms with Gasteiger partial charge in [-0.05, 0) is 49.7 Å². The maximum absolute atomic E-state index is 13.3. The molecule has 1 saturated heterocycles. The molecule has 1 atom stereocenters. The SMILES string of the molecule is O=S(=O)(c1ccccc1)n1c(C[C@@H]2CCCN2)cc2ccc(Cl)nc21. The van der Waals surface area contributed by atoms with Crippen LogP contribution < -0.4 is 5.32 Å². The van der Waals surface area contributed by atoms with E-state index in [0.29, 0.717) is 12.1 Å². The Morgan fingerprint density at radius 3 is 2.72 bits per heavy atom. The van der Waals surface area contributed by atoms with Gasteiger partial charge in [0.1, 0.15) is 5.15 Å². The fourth-order valence-electron chi connectivity index (χ4n) is 3.38. The average Bonchev–Trinajstić information content (AvgIpc) is 3.23. The normalized spacial score (nSPS) is 18.0. The van der Waals surface area contributed by atoms with Crippen LogP contribution in [0.1, 0.15) is 18.5 Å². The minimum absolute atomic E-state index is 0.245. The Hall–Kier alpha value is -1.89. The zero-order valence-electron chi connectivity index (χ0n) is 13.5. The summed E-state index contributed by atoms with van der Waals surface area (Å²) in [6.07, 6.45) is 2.79. The van der Waals surface area contributed by atoms with Crippen molar-refractivity contribution in [1.29, 1.82) is 0 Å². The van der Waals surface area contributed by atoms with Crippen LogP contribution in [0.3, 0.4) is 0 Å². The molecule has 4 rings (SSSR count). The lowest BCUT2D eigenvalue weighted by Gasteiger charge is -2.14. The summed E-state index contributed by atoms with van der Waals surface area (Å²) >= 11 is 6.03. The third kappa shape index (κ3) is 3.05. The van der Waals surface area contributed by atoms with Gasteiger partial charge in [-0.25, -0.2) is 17.4 Å². The molecular weight excluding hydrogens is 358 g/mol. The Morgan fingerprint density at radius 2 is 2.00 bits per heavy atom. The Balaban J connectivity index is 1.91. The van der Waals surface area contributed by atoms with Crippen LogP contribution in [0, 0.1) is 0 Å². The van der Waals surface area contributed by atoms with Crippen LogP contribution in [0.25, 0.3) is 11.0 Å². The van der Waals surface area contributed by atoms with E-state index in [4.69, 9.17) is 11.6 Å². The van der Waals surface area contributed by atoms with Gasteiger partial charge in [-0.3, -0.25) is 0 Å². The van der Waals surface area contributed by atoms with Crippen LogP contribution in [0.15, 0.2) is 53.4 Å². The first-order chi connectivity index (χ1) is 12.1. The Kier molecular flexibility index (Phi) is 4.27. The summed E-state index contributed by atoms with van der Waals surface area (Å²) in [5.41, 5.74) is 1.11. The fraction of sp³-hybridized carbons (Fsp3) is 0.278. The van der Waals surface area contributed by atoms with Crippen molar-refractivity contribution in [2.75, 3.05) is 6.54 Å². The summed E-state index contributed by atoms with van der Waals surface area (Å²) in [5, 5.41) is 4.48. The lowest BCUT2D eigenvalue weighted by molar-refractivity contribution is 0.572. The zero-order chi connectivity index (χ0) is 17.4. The number of nitrogens with zero attached hydrogens (tertiary/aromatic N) is 2. The van der Waals surface area contributed by atoms with E-state index in [1.54, 1.807) is 36.4 Å². The molecule has 1 N–H and O–H groups in total. The number of hydrogen-bond donors (Lipinski definition) is 1. The number of fused-ring (bicyclic) bond motifs is 1. The number of rotatable bonds is 4. The van der Waals surface area contributed by atoms with E-state index in [-0.39, 0.29) is 16.1 Å². The van der Waals surface area contributed by atoms with Gasteiger partial charge < -0.3 is 5.32 Å². The Labute approximate surface area is 151 Å². The molecule has 7 heteroatoms. The van der Waals surface area contributed by atoms with Gasteiger partial charge in [-0.1, -0.05) is 29.8 Å². The highest BCUT2D eigenvalue weighted by atomic mass is 35.5. The van der Waals surface area contributed by atoms with Gasteiger partial charge in [-0.15, -0.1) is 0 Å². The van der Waals surface area contributed by atoms with Crippen molar-refractivity contribution < 1.29 is 8.42 Å². The third-order valence-corrected chi connectivity index (χ3v) is 6.51. The van der Waals surface area contributed by atoms with Crippen LogP contribution >= 0.6 is 11.6 Å². The minimum atomic E-state index is -3.74. The quantitative estimate of drug-likeness (QED) is 0.711. The van der Waals surface area contributed by atoms with Crippen LogP contribution in [-0.4, -0.2) is 30.0 Å². The van der Waals surface area contributed by atoms with E-state index < -0.39 is 10.0 Å². The summed E-state index contributed by atoms with van der Waals surface area (Å²) in [4.78, 5) is 4.54. The van der Waals surface area contributed by atoms with E-state index in [2.05, 4.69) is 10.3 Å². The predicted octanol–water partition coefficient (Wildman–Crippen LogP) is 3.22. The highest BCUT2D eigenvalue weighted by molar-refractivity contribution is 7.90. The van der Waals surface area contributed by atoms with Gasteiger partial charge in [0.25, 0.3) is 10.0 Å². The number of halogens is 1. The molecular formula is C18H18ClN3O2S. The number of benzene rings is 1. The third-order valence-electron chi connectivity index (χ3n) is 4.55. The van der Waals surface area contributed by atoms with Crippen molar-refractivity contribution in [3.8, 4) is 0 Å². The smallest absolute Gasteiger partial charge is 0.269 e. The predicted molar refractivity (Wildman–Crippen MR) is 98.5 cm³/mol. The lowest BCUT2D eigenvalue weighted by Crippen LogP contribution is -2.26. The van der Waals surface area contributed by atoms with Gasteiger partial charge in [0.05, 0.1) is 4.90 Å². The van der Waals surface area contributed by atoms with Gasteiger partial charge in [0.15, 0.2) is 5.65 Å². The van der Waals surface area contributed by atoms with Crippen LogP contribution in [0.2, 0.25) is 5.15 Å². The monoisotopic (exact) mass is 375 g/mol. The first kappa shape index (κ1) is 16.6. The maximum Gasteiger partial charge on any atom is 0.269 e. The molecule has 1 aromatic carbocycles. The topological polar surface area (TPSA) is 64.0 Å². The summed E-state index contributed by atoms with van der Waals surface area (Å²) in [7, 11) is -3.74. The van der Waals surface area contributed by atoms with Crippen LogP contribution in [-0.2, 0) is 16.4 Å².